The number of nitrogens with zero attached hydrogens (tertiary/aromatic N) is 1. The number of nitriles is 1. The number of hydrogen-bond donors (Lipinski definition) is 1. The van der Waals surface area contributed by atoms with Crippen LogP contribution in [0.15, 0.2) is 42.5 Å². The van der Waals surface area contributed by atoms with Crippen molar-refractivity contribution >= 4 is 31.3 Å². The molecule has 0 saturated heterocycles. The molecule has 0 atom stereocenters. The van der Waals surface area contributed by atoms with Crippen LogP contribution in [0.5, 0.6) is 11.5 Å². The molecule has 0 aliphatic rings. The number of nitrogens with one attached hydrogen (secondary N) is 1. The Bertz CT molecular complexity index is 808. The molecule has 27 heavy (non-hydrogen) atoms. The van der Waals surface area contributed by atoms with Gasteiger partial charge in [-0.15, -0.1) is 11.6 Å². The summed E-state index contributed by atoms with van der Waals surface area (Å²) in [6, 6.07) is 15.4. The lowest BCUT2D eigenvalue weighted by Gasteiger charge is -2.36. The third-order valence-electron chi connectivity index (χ3n) is 4.70. The van der Waals surface area contributed by atoms with Crippen molar-refractivity contribution in [2.45, 2.75) is 38.9 Å². The monoisotopic (exact) mass is 402 g/mol. The highest BCUT2D eigenvalue weighted by molar-refractivity contribution is 6.74. The number of alkyl halides is 1. The molecule has 2 aromatic carbocycles. The third kappa shape index (κ3) is 5.91. The van der Waals surface area contributed by atoms with Crippen LogP contribution < -0.4 is 14.5 Å². The molecule has 0 aliphatic heterocycles. The summed E-state index contributed by atoms with van der Waals surface area (Å²) < 4.78 is 11.9. The Morgan fingerprint density at radius 1 is 1.04 bits per heavy atom. The van der Waals surface area contributed by atoms with E-state index >= 15 is 0 Å². The van der Waals surface area contributed by atoms with E-state index in [4.69, 9.17) is 20.8 Å². The predicted molar refractivity (Wildman–Crippen MR) is 115 cm³/mol. The fraction of sp³-hybridized carbons (Fsp3) is 0.381. The van der Waals surface area contributed by atoms with E-state index in [9.17, 15) is 5.26 Å². The molecular weight excluding hydrogens is 376 g/mol. The molecule has 0 saturated carbocycles. The van der Waals surface area contributed by atoms with Crippen LogP contribution in [0.4, 0.5) is 11.4 Å². The van der Waals surface area contributed by atoms with E-state index in [2.05, 4.69) is 45.3 Å². The smallest absolute Gasteiger partial charge is 0.250 e. The van der Waals surface area contributed by atoms with Gasteiger partial charge >= 0.3 is 0 Å². The predicted octanol–water partition coefficient (Wildman–Crippen LogP) is 6.30. The quantitative estimate of drug-likeness (QED) is 0.435. The van der Waals surface area contributed by atoms with E-state index in [0.717, 1.165) is 17.1 Å². The molecule has 2 aromatic rings. The minimum atomic E-state index is -1.85. The summed E-state index contributed by atoms with van der Waals surface area (Å²) in [5.74, 6) is 1.90. The topological polar surface area (TPSA) is 54.3 Å². The maximum absolute atomic E-state index is 9.22. The molecule has 6 heteroatoms. The van der Waals surface area contributed by atoms with Gasteiger partial charge in [-0.25, -0.2) is 0 Å². The van der Waals surface area contributed by atoms with Gasteiger partial charge in [-0.05, 0) is 54.5 Å². The second kappa shape index (κ2) is 8.68. The van der Waals surface area contributed by atoms with Crippen LogP contribution in [-0.4, -0.2) is 20.8 Å². The van der Waals surface area contributed by atoms with Crippen LogP contribution in [0.1, 0.15) is 26.3 Å². The largest absolute Gasteiger partial charge is 0.544 e. The van der Waals surface area contributed by atoms with E-state index in [1.807, 2.05) is 30.3 Å². The number of benzene rings is 2. The lowest BCUT2D eigenvalue weighted by atomic mass is 10.2. The van der Waals surface area contributed by atoms with E-state index in [0.29, 0.717) is 23.8 Å². The normalized spacial score (nSPS) is 11.6. The molecule has 1 N–H and O–H groups in total. The average Bonchev–Trinajstić information content (AvgIpc) is 2.60. The molecule has 0 fully saturated rings. The highest BCUT2D eigenvalue weighted by Gasteiger charge is 2.38. The highest BCUT2D eigenvalue weighted by Crippen LogP contribution is 2.37. The van der Waals surface area contributed by atoms with E-state index in [1.54, 1.807) is 12.1 Å². The maximum atomic E-state index is 9.22. The molecule has 0 radical (unpaired) electrons. The molecule has 0 heterocycles. The number of anilines is 2. The molecule has 0 spiro atoms. The number of halogens is 1. The van der Waals surface area contributed by atoms with Crippen molar-refractivity contribution in [1.82, 2.24) is 0 Å². The molecule has 0 amide bonds. The Morgan fingerprint density at radius 3 is 2.26 bits per heavy atom. The van der Waals surface area contributed by atoms with Crippen LogP contribution in [-0.2, 0) is 0 Å². The van der Waals surface area contributed by atoms with Gasteiger partial charge in [0.15, 0.2) is 0 Å². The lowest BCUT2D eigenvalue weighted by molar-refractivity contribution is 0.343. The minimum absolute atomic E-state index is 0.154. The van der Waals surface area contributed by atoms with Crippen molar-refractivity contribution in [3.05, 3.63) is 48.0 Å². The van der Waals surface area contributed by atoms with Gasteiger partial charge in [0.05, 0.1) is 17.5 Å². The standard InChI is InChI=1S/C21H27ClN2O2Si/c1-21(2,3)27(4,5)26-19-8-6-17(7-9-19)24-18-12-16(15-23)13-20(14-18)25-11-10-22/h6-9,12-14,24H,10-11H2,1-5H3. The first-order valence-electron chi connectivity index (χ1n) is 8.95. The SMILES string of the molecule is CC(C)(C)[Si](C)(C)Oc1ccc(Nc2cc(C#N)cc(OCCCl)c2)cc1. The maximum Gasteiger partial charge on any atom is 0.250 e. The van der Waals surface area contributed by atoms with Gasteiger partial charge in [0.2, 0.25) is 8.32 Å². The second-order valence-electron chi connectivity index (χ2n) is 7.91. The molecule has 144 valence electrons. The van der Waals surface area contributed by atoms with E-state index in [1.165, 1.54) is 0 Å². The summed E-state index contributed by atoms with van der Waals surface area (Å²) in [5, 5.41) is 12.7. The number of ether oxygens (including phenoxy) is 1. The van der Waals surface area contributed by atoms with Gasteiger partial charge < -0.3 is 14.5 Å². The Balaban J connectivity index is 2.13. The molecule has 4 nitrogen and oxygen atoms in total. The molecular formula is C21H27ClN2O2Si. The van der Waals surface area contributed by atoms with Crippen molar-refractivity contribution < 1.29 is 9.16 Å². The zero-order valence-corrected chi connectivity index (χ0v) is 18.4. The van der Waals surface area contributed by atoms with Crippen LogP contribution >= 0.6 is 11.6 Å². The molecule has 0 aromatic heterocycles. The Hall–Kier alpha value is -2.16. The van der Waals surface area contributed by atoms with E-state index < -0.39 is 8.32 Å². The summed E-state index contributed by atoms with van der Waals surface area (Å²) in [7, 11) is -1.85. The van der Waals surface area contributed by atoms with Crippen LogP contribution in [0, 0.1) is 11.3 Å². The Kier molecular flexibility index (Phi) is 6.80. The zero-order valence-electron chi connectivity index (χ0n) is 16.6. The summed E-state index contributed by atoms with van der Waals surface area (Å²) in [5.41, 5.74) is 2.23. The van der Waals surface area contributed by atoms with Gasteiger partial charge in [-0.1, -0.05) is 20.8 Å². The van der Waals surface area contributed by atoms with Crippen LogP contribution in [0.2, 0.25) is 18.1 Å². The van der Waals surface area contributed by atoms with Gasteiger partial charge in [0.1, 0.15) is 18.1 Å². The van der Waals surface area contributed by atoms with Crippen molar-refractivity contribution in [3.8, 4) is 17.6 Å². The van der Waals surface area contributed by atoms with Crippen molar-refractivity contribution in [3.63, 3.8) is 0 Å². The summed E-state index contributed by atoms with van der Waals surface area (Å²) in [4.78, 5) is 0. The van der Waals surface area contributed by atoms with Gasteiger partial charge in [-0.2, -0.15) is 5.26 Å². The molecule has 2 rings (SSSR count). The average molecular weight is 403 g/mol. The van der Waals surface area contributed by atoms with E-state index in [-0.39, 0.29) is 5.04 Å². The summed E-state index contributed by atoms with van der Waals surface area (Å²) in [6.07, 6.45) is 0. The Morgan fingerprint density at radius 2 is 1.70 bits per heavy atom. The van der Waals surface area contributed by atoms with Crippen molar-refractivity contribution in [2.24, 2.45) is 0 Å². The summed E-state index contributed by atoms with van der Waals surface area (Å²) in [6.45, 7) is 11.5. The van der Waals surface area contributed by atoms with Crippen molar-refractivity contribution in [2.75, 3.05) is 17.8 Å². The van der Waals surface area contributed by atoms with Crippen molar-refractivity contribution in [1.29, 1.82) is 5.26 Å². The third-order valence-corrected chi connectivity index (χ3v) is 9.22. The van der Waals surface area contributed by atoms with Gasteiger partial charge in [0, 0.05) is 17.4 Å². The first-order valence-corrected chi connectivity index (χ1v) is 12.4. The summed E-state index contributed by atoms with van der Waals surface area (Å²) >= 11 is 5.67. The van der Waals surface area contributed by atoms with Crippen LogP contribution in [0.3, 0.4) is 0 Å². The van der Waals surface area contributed by atoms with Gasteiger partial charge in [-0.3, -0.25) is 0 Å². The highest BCUT2D eigenvalue weighted by atomic mass is 35.5. The zero-order chi connectivity index (χ0) is 20.1. The first kappa shape index (κ1) is 21.1. The fourth-order valence-corrected chi connectivity index (χ4v) is 3.30. The second-order valence-corrected chi connectivity index (χ2v) is 13.0. The number of rotatable bonds is 7. The molecule has 0 unspecified atom stereocenters. The lowest BCUT2D eigenvalue weighted by Crippen LogP contribution is -2.43. The minimum Gasteiger partial charge on any atom is -0.544 e. The first-order chi connectivity index (χ1) is 12.6. The molecule has 0 aliphatic carbocycles. The fourth-order valence-electron chi connectivity index (χ4n) is 2.20. The van der Waals surface area contributed by atoms with Crippen LogP contribution in [0.25, 0.3) is 0 Å². The van der Waals surface area contributed by atoms with Gasteiger partial charge in [0.25, 0.3) is 0 Å². The number of hydrogen-bond acceptors (Lipinski definition) is 4. The molecule has 0 bridgehead atoms. The Labute approximate surface area is 168 Å².